The second kappa shape index (κ2) is 11.9. The van der Waals surface area contributed by atoms with Crippen LogP contribution in [0.15, 0.2) is 35.3 Å². The van der Waals surface area contributed by atoms with Crippen LogP contribution >= 0.6 is 0 Å². The number of amides is 1. The molecule has 7 heteroatoms. The lowest BCUT2D eigenvalue weighted by Gasteiger charge is -2.21. The number of hydrogen-bond acceptors (Lipinski definition) is 4. The summed E-state index contributed by atoms with van der Waals surface area (Å²) >= 11 is 0. The molecule has 1 saturated heterocycles. The first-order valence-electron chi connectivity index (χ1n) is 11.3. The number of aliphatic hydroxyl groups is 1. The third kappa shape index (κ3) is 6.99. The first-order chi connectivity index (χ1) is 14.7. The van der Waals surface area contributed by atoms with E-state index >= 15 is 0 Å². The van der Waals surface area contributed by atoms with Crippen molar-refractivity contribution >= 4 is 11.9 Å². The molecule has 0 radical (unpaired) electrons. The van der Waals surface area contributed by atoms with Gasteiger partial charge in [-0.25, -0.2) is 0 Å². The Balaban J connectivity index is 1.40. The lowest BCUT2D eigenvalue weighted by Crippen LogP contribution is -2.45. The van der Waals surface area contributed by atoms with Crippen LogP contribution in [0.25, 0.3) is 0 Å². The molecule has 1 aliphatic heterocycles. The number of carbonyl (C=O) groups is 1. The minimum atomic E-state index is -0.659. The fourth-order valence-electron chi connectivity index (χ4n) is 4.16. The van der Waals surface area contributed by atoms with Gasteiger partial charge in [-0.15, -0.1) is 0 Å². The topological polar surface area (TPSA) is 86.2 Å². The molecule has 2 unspecified atom stereocenters. The zero-order valence-corrected chi connectivity index (χ0v) is 18.1. The number of aliphatic imine (C=N–C) groups is 1. The van der Waals surface area contributed by atoms with Gasteiger partial charge in [-0.05, 0) is 31.7 Å². The van der Waals surface area contributed by atoms with Crippen molar-refractivity contribution in [2.75, 3.05) is 32.8 Å². The number of nitrogens with zero attached hydrogens (tertiary/aromatic N) is 2. The Morgan fingerprint density at radius 3 is 2.77 bits per heavy atom. The van der Waals surface area contributed by atoms with E-state index in [1.165, 1.54) is 12.8 Å². The van der Waals surface area contributed by atoms with Gasteiger partial charge >= 0.3 is 0 Å². The van der Waals surface area contributed by atoms with Crippen LogP contribution in [-0.4, -0.2) is 66.8 Å². The number of benzene rings is 1. The molecule has 1 saturated carbocycles. The Morgan fingerprint density at radius 1 is 1.27 bits per heavy atom. The highest BCUT2D eigenvalue weighted by Gasteiger charge is 2.32. The van der Waals surface area contributed by atoms with Gasteiger partial charge in [0.15, 0.2) is 5.96 Å². The molecule has 2 fully saturated rings. The number of carbonyl (C=O) groups excluding carboxylic acids is 1. The number of aliphatic hydroxyl groups excluding tert-OH is 1. The number of hydrogen-bond donors (Lipinski definition) is 3. The summed E-state index contributed by atoms with van der Waals surface area (Å²) in [5.41, 5.74) is 1.08. The van der Waals surface area contributed by atoms with Crippen LogP contribution in [0.5, 0.6) is 0 Å². The van der Waals surface area contributed by atoms with Gasteiger partial charge in [0.25, 0.3) is 0 Å². The molecule has 3 N–H and O–H groups in total. The van der Waals surface area contributed by atoms with E-state index in [0.717, 1.165) is 44.5 Å². The molecule has 7 nitrogen and oxygen atoms in total. The van der Waals surface area contributed by atoms with E-state index in [9.17, 15) is 9.90 Å². The lowest BCUT2D eigenvalue weighted by atomic mass is 10.1. The highest BCUT2D eigenvalue weighted by molar-refractivity contribution is 5.81. The van der Waals surface area contributed by atoms with E-state index in [1.54, 1.807) is 0 Å². The number of guanidine groups is 1. The van der Waals surface area contributed by atoms with Crippen LogP contribution in [0.3, 0.4) is 0 Å². The molecule has 166 valence electrons. The van der Waals surface area contributed by atoms with E-state index in [0.29, 0.717) is 18.5 Å². The summed E-state index contributed by atoms with van der Waals surface area (Å²) in [5.74, 6) is 1.24. The average molecular weight is 417 g/mol. The molecule has 0 aromatic heterocycles. The summed E-state index contributed by atoms with van der Waals surface area (Å²) in [6, 6.07) is 10.1. The van der Waals surface area contributed by atoms with Crippen LogP contribution < -0.4 is 10.6 Å². The van der Waals surface area contributed by atoms with Crippen LogP contribution in [0, 0.1) is 5.92 Å². The maximum atomic E-state index is 12.6. The van der Waals surface area contributed by atoms with Gasteiger partial charge in [0.2, 0.25) is 5.91 Å². The average Bonchev–Trinajstić information content (AvgIpc) is 3.45. The van der Waals surface area contributed by atoms with Crippen molar-refractivity contribution in [2.45, 2.75) is 57.8 Å². The van der Waals surface area contributed by atoms with Crippen molar-refractivity contribution in [3.05, 3.63) is 35.9 Å². The van der Waals surface area contributed by atoms with E-state index in [2.05, 4.69) is 15.6 Å². The zero-order chi connectivity index (χ0) is 21.2. The summed E-state index contributed by atoms with van der Waals surface area (Å²) in [4.78, 5) is 19.1. The molecule has 1 amide bonds. The molecule has 2 atom stereocenters. The molecular weight excluding hydrogens is 380 g/mol. The molecular formula is C23H36N4O3. The molecule has 30 heavy (non-hydrogen) atoms. The standard InChI is InChI=1S/C23H36N4O3/c1-2-24-23(25-14-21(28)17-30-16-18-8-4-3-5-9-18)26-20-12-13-27(15-20)22(29)19-10-6-7-11-19/h3-5,8-9,19-21,28H,2,6-7,10-17H2,1H3,(H2,24,25,26). The van der Waals surface area contributed by atoms with Crippen molar-refractivity contribution in [1.82, 2.24) is 15.5 Å². The van der Waals surface area contributed by atoms with Gasteiger partial charge in [-0.1, -0.05) is 43.2 Å². The van der Waals surface area contributed by atoms with E-state index in [4.69, 9.17) is 4.74 Å². The Labute approximate surface area is 179 Å². The molecule has 1 aliphatic carbocycles. The van der Waals surface area contributed by atoms with Crippen molar-refractivity contribution in [2.24, 2.45) is 10.9 Å². The fraction of sp³-hybridized carbons (Fsp3) is 0.652. The summed E-state index contributed by atoms with van der Waals surface area (Å²) in [7, 11) is 0. The molecule has 2 aliphatic rings. The van der Waals surface area contributed by atoms with Gasteiger partial charge in [-0.2, -0.15) is 0 Å². The Kier molecular flexibility index (Phi) is 8.96. The molecule has 0 spiro atoms. The fourth-order valence-corrected chi connectivity index (χ4v) is 4.16. The maximum absolute atomic E-state index is 12.6. The van der Waals surface area contributed by atoms with Crippen LogP contribution in [0.1, 0.15) is 44.6 Å². The maximum Gasteiger partial charge on any atom is 0.225 e. The molecule has 3 rings (SSSR count). The predicted molar refractivity (Wildman–Crippen MR) is 118 cm³/mol. The van der Waals surface area contributed by atoms with Crippen LogP contribution in [0.4, 0.5) is 0 Å². The largest absolute Gasteiger partial charge is 0.389 e. The number of likely N-dealkylation sites (tertiary alicyclic amines) is 1. The molecule has 1 aromatic carbocycles. The van der Waals surface area contributed by atoms with Gasteiger partial charge in [0.1, 0.15) is 0 Å². The summed E-state index contributed by atoms with van der Waals surface area (Å²) in [5, 5.41) is 16.9. The van der Waals surface area contributed by atoms with Gasteiger partial charge in [0.05, 0.1) is 25.9 Å². The molecule has 0 bridgehead atoms. The first-order valence-corrected chi connectivity index (χ1v) is 11.3. The number of ether oxygens (including phenoxy) is 1. The van der Waals surface area contributed by atoms with Crippen LogP contribution in [0.2, 0.25) is 0 Å². The Bertz CT molecular complexity index is 676. The molecule has 1 aromatic rings. The second-order valence-corrected chi connectivity index (χ2v) is 8.27. The zero-order valence-electron chi connectivity index (χ0n) is 18.1. The van der Waals surface area contributed by atoms with Crippen molar-refractivity contribution < 1.29 is 14.6 Å². The third-order valence-corrected chi connectivity index (χ3v) is 5.77. The number of rotatable bonds is 9. The summed E-state index contributed by atoms with van der Waals surface area (Å²) in [6.07, 6.45) is 4.71. The summed E-state index contributed by atoms with van der Waals surface area (Å²) in [6.45, 7) is 5.27. The SMILES string of the molecule is CCNC(=NCC(O)COCc1ccccc1)NC1CCN(C(=O)C2CCCC2)C1. The van der Waals surface area contributed by atoms with Gasteiger partial charge in [-0.3, -0.25) is 9.79 Å². The van der Waals surface area contributed by atoms with Crippen molar-refractivity contribution in [3.8, 4) is 0 Å². The first kappa shape index (κ1) is 22.6. The smallest absolute Gasteiger partial charge is 0.225 e. The lowest BCUT2D eigenvalue weighted by molar-refractivity contribution is -0.134. The van der Waals surface area contributed by atoms with E-state index in [-0.39, 0.29) is 25.1 Å². The van der Waals surface area contributed by atoms with E-state index < -0.39 is 6.10 Å². The Hall–Kier alpha value is -2.12. The van der Waals surface area contributed by atoms with E-state index in [1.807, 2.05) is 42.2 Å². The minimum absolute atomic E-state index is 0.194. The molecule has 1 heterocycles. The highest BCUT2D eigenvalue weighted by Crippen LogP contribution is 2.27. The van der Waals surface area contributed by atoms with Crippen molar-refractivity contribution in [3.63, 3.8) is 0 Å². The minimum Gasteiger partial charge on any atom is -0.389 e. The monoisotopic (exact) mass is 416 g/mol. The summed E-state index contributed by atoms with van der Waals surface area (Å²) < 4.78 is 5.59. The number of nitrogens with one attached hydrogen (secondary N) is 2. The van der Waals surface area contributed by atoms with Crippen molar-refractivity contribution in [1.29, 1.82) is 0 Å². The second-order valence-electron chi connectivity index (χ2n) is 8.27. The van der Waals surface area contributed by atoms with Gasteiger partial charge in [0, 0.05) is 31.6 Å². The third-order valence-electron chi connectivity index (χ3n) is 5.77. The Morgan fingerprint density at radius 2 is 2.03 bits per heavy atom. The highest BCUT2D eigenvalue weighted by atomic mass is 16.5. The van der Waals surface area contributed by atoms with Gasteiger partial charge < -0.3 is 25.4 Å². The normalized spacial score (nSPS) is 21.1. The predicted octanol–water partition coefficient (Wildman–Crippen LogP) is 1.91. The van der Waals surface area contributed by atoms with Crippen LogP contribution in [-0.2, 0) is 16.1 Å². The quantitative estimate of drug-likeness (QED) is 0.423.